The van der Waals surface area contributed by atoms with E-state index in [4.69, 9.17) is 9.47 Å². The molecule has 0 N–H and O–H groups in total. The van der Waals surface area contributed by atoms with Crippen molar-refractivity contribution in [1.82, 2.24) is 0 Å². The first-order valence-corrected chi connectivity index (χ1v) is 6.26. The van der Waals surface area contributed by atoms with Crippen LogP contribution in [0.15, 0.2) is 40.9 Å². The Morgan fingerprint density at radius 3 is 2.45 bits per heavy atom. The molecule has 20 heavy (non-hydrogen) atoms. The number of rotatable bonds is 4. The maximum Gasteiger partial charge on any atom is 0.272 e. The molecular formula is C13H9BrFNO4. The van der Waals surface area contributed by atoms with Crippen LogP contribution in [-0.4, -0.2) is 12.0 Å². The van der Waals surface area contributed by atoms with Crippen LogP contribution in [0.5, 0.6) is 17.2 Å². The quantitative estimate of drug-likeness (QED) is 0.614. The molecule has 0 unspecified atom stereocenters. The highest BCUT2D eigenvalue weighted by molar-refractivity contribution is 9.10. The molecule has 2 aromatic rings. The Bertz CT molecular complexity index is 663. The fourth-order valence-corrected chi connectivity index (χ4v) is 1.93. The third kappa shape index (κ3) is 3.05. The third-order valence-corrected chi connectivity index (χ3v) is 3.10. The van der Waals surface area contributed by atoms with E-state index in [1.54, 1.807) is 18.2 Å². The minimum atomic E-state index is -0.804. The van der Waals surface area contributed by atoms with Gasteiger partial charge in [-0.25, -0.2) is 4.39 Å². The predicted molar refractivity (Wildman–Crippen MR) is 73.8 cm³/mol. The maximum absolute atomic E-state index is 13.7. The zero-order valence-electron chi connectivity index (χ0n) is 10.3. The Hall–Kier alpha value is -2.15. The Morgan fingerprint density at radius 1 is 1.20 bits per heavy atom. The van der Waals surface area contributed by atoms with E-state index in [1.807, 2.05) is 0 Å². The van der Waals surface area contributed by atoms with Gasteiger partial charge in [0, 0.05) is 6.07 Å². The number of nitrogens with zero attached hydrogens (tertiary/aromatic N) is 1. The highest BCUT2D eigenvalue weighted by atomic mass is 79.9. The van der Waals surface area contributed by atoms with Gasteiger partial charge in [0.15, 0.2) is 11.6 Å². The largest absolute Gasteiger partial charge is 0.497 e. The number of nitro benzene ring substituents is 1. The standard InChI is InChI=1S/C13H9BrFNO4/c1-19-9-3-5-12(10(14)7-9)20-13-4-2-8(16(17)18)6-11(13)15/h2-7H,1H3. The number of non-ortho nitro benzene ring substituents is 1. The number of halogens is 2. The highest BCUT2D eigenvalue weighted by Crippen LogP contribution is 2.34. The van der Waals surface area contributed by atoms with E-state index in [-0.39, 0.29) is 11.4 Å². The van der Waals surface area contributed by atoms with Crippen LogP contribution < -0.4 is 9.47 Å². The lowest BCUT2D eigenvalue weighted by Gasteiger charge is -2.09. The van der Waals surface area contributed by atoms with E-state index in [9.17, 15) is 14.5 Å². The smallest absolute Gasteiger partial charge is 0.272 e. The van der Waals surface area contributed by atoms with Crippen LogP contribution in [0.25, 0.3) is 0 Å². The number of hydrogen-bond donors (Lipinski definition) is 0. The second kappa shape index (κ2) is 5.87. The summed E-state index contributed by atoms with van der Waals surface area (Å²) >= 11 is 3.27. The molecule has 5 nitrogen and oxygen atoms in total. The molecule has 0 aliphatic rings. The predicted octanol–water partition coefficient (Wildman–Crippen LogP) is 4.30. The third-order valence-electron chi connectivity index (χ3n) is 2.49. The van der Waals surface area contributed by atoms with Gasteiger partial charge in [-0.3, -0.25) is 10.1 Å². The summed E-state index contributed by atoms with van der Waals surface area (Å²) in [5, 5.41) is 10.5. The fraction of sp³-hybridized carbons (Fsp3) is 0.0769. The molecule has 0 heterocycles. The van der Waals surface area contributed by atoms with Gasteiger partial charge in [0.25, 0.3) is 5.69 Å². The van der Waals surface area contributed by atoms with Crippen molar-refractivity contribution < 1.29 is 18.8 Å². The Morgan fingerprint density at radius 2 is 1.90 bits per heavy atom. The molecule has 104 valence electrons. The van der Waals surface area contributed by atoms with E-state index >= 15 is 0 Å². The van der Waals surface area contributed by atoms with Crippen molar-refractivity contribution in [3.05, 3.63) is 56.8 Å². The minimum Gasteiger partial charge on any atom is -0.497 e. The maximum atomic E-state index is 13.7. The summed E-state index contributed by atoms with van der Waals surface area (Å²) in [6.07, 6.45) is 0. The summed E-state index contributed by atoms with van der Waals surface area (Å²) in [5.74, 6) is 0.0929. The van der Waals surface area contributed by atoms with Gasteiger partial charge in [-0.05, 0) is 40.2 Å². The zero-order chi connectivity index (χ0) is 14.7. The normalized spacial score (nSPS) is 10.2. The number of ether oxygens (including phenoxy) is 2. The summed E-state index contributed by atoms with van der Waals surface area (Å²) < 4.78 is 24.7. The number of hydrogen-bond acceptors (Lipinski definition) is 4. The second-order valence-corrected chi connectivity index (χ2v) is 4.62. The SMILES string of the molecule is COc1ccc(Oc2ccc([N+](=O)[O-])cc2F)c(Br)c1. The van der Waals surface area contributed by atoms with E-state index in [0.717, 1.165) is 6.07 Å². The molecule has 0 aliphatic heterocycles. The Kier molecular flexibility index (Phi) is 4.19. The molecule has 0 aromatic heterocycles. The summed E-state index contributed by atoms with van der Waals surface area (Å²) in [5.41, 5.74) is -0.330. The summed E-state index contributed by atoms with van der Waals surface area (Å²) in [6.45, 7) is 0. The van der Waals surface area contributed by atoms with Crippen LogP contribution >= 0.6 is 15.9 Å². The van der Waals surface area contributed by atoms with Gasteiger partial charge in [-0.2, -0.15) is 0 Å². The van der Waals surface area contributed by atoms with Gasteiger partial charge >= 0.3 is 0 Å². The number of methoxy groups -OCH3 is 1. The summed E-state index contributed by atoms with van der Waals surface area (Å²) in [7, 11) is 1.53. The molecule has 2 rings (SSSR count). The summed E-state index contributed by atoms with van der Waals surface area (Å²) in [6, 6.07) is 8.12. The van der Waals surface area contributed by atoms with Crippen LogP contribution in [-0.2, 0) is 0 Å². The molecule has 0 spiro atoms. The van der Waals surface area contributed by atoms with Crippen molar-refractivity contribution >= 4 is 21.6 Å². The van der Waals surface area contributed by atoms with Crippen molar-refractivity contribution in [2.75, 3.05) is 7.11 Å². The molecule has 0 saturated carbocycles. The average molecular weight is 342 g/mol. The molecular weight excluding hydrogens is 333 g/mol. The van der Waals surface area contributed by atoms with Crippen LogP contribution in [0.3, 0.4) is 0 Å². The lowest BCUT2D eigenvalue weighted by Crippen LogP contribution is -1.93. The second-order valence-electron chi connectivity index (χ2n) is 3.77. The zero-order valence-corrected chi connectivity index (χ0v) is 11.9. The van der Waals surface area contributed by atoms with Gasteiger partial charge in [-0.15, -0.1) is 0 Å². The minimum absolute atomic E-state index is 0.0959. The molecule has 0 atom stereocenters. The number of nitro groups is 1. The summed E-state index contributed by atoms with van der Waals surface area (Å²) in [4.78, 5) is 9.85. The van der Waals surface area contributed by atoms with Gasteiger partial charge in [0.1, 0.15) is 11.5 Å². The lowest BCUT2D eigenvalue weighted by atomic mass is 10.3. The van der Waals surface area contributed by atoms with Crippen molar-refractivity contribution in [3.63, 3.8) is 0 Å². The van der Waals surface area contributed by atoms with Crippen LogP contribution in [0.2, 0.25) is 0 Å². The van der Waals surface area contributed by atoms with Gasteiger partial charge in [0.05, 0.1) is 22.6 Å². The molecule has 0 radical (unpaired) electrons. The van der Waals surface area contributed by atoms with Gasteiger partial charge in [0.2, 0.25) is 0 Å². The van der Waals surface area contributed by atoms with Gasteiger partial charge in [-0.1, -0.05) is 0 Å². The van der Waals surface area contributed by atoms with Gasteiger partial charge < -0.3 is 9.47 Å². The molecule has 7 heteroatoms. The first-order valence-electron chi connectivity index (χ1n) is 5.46. The molecule has 0 amide bonds. The molecule has 0 aliphatic carbocycles. The highest BCUT2D eigenvalue weighted by Gasteiger charge is 2.13. The number of benzene rings is 2. The van der Waals surface area contributed by atoms with Crippen LogP contribution in [0, 0.1) is 15.9 Å². The first-order chi connectivity index (χ1) is 9.51. The molecule has 2 aromatic carbocycles. The van der Waals surface area contributed by atoms with E-state index in [1.165, 1.54) is 19.2 Å². The van der Waals surface area contributed by atoms with Crippen molar-refractivity contribution in [3.8, 4) is 17.2 Å². The van der Waals surface area contributed by atoms with Crippen LogP contribution in [0.4, 0.5) is 10.1 Å². The Labute approximate surface area is 122 Å². The molecule has 0 bridgehead atoms. The van der Waals surface area contributed by atoms with E-state index in [0.29, 0.717) is 16.0 Å². The average Bonchev–Trinajstić information content (AvgIpc) is 2.42. The lowest BCUT2D eigenvalue weighted by molar-refractivity contribution is -0.385. The molecule has 0 saturated heterocycles. The van der Waals surface area contributed by atoms with Crippen molar-refractivity contribution in [2.45, 2.75) is 0 Å². The fourth-order valence-electron chi connectivity index (χ4n) is 1.50. The van der Waals surface area contributed by atoms with E-state index < -0.39 is 10.7 Å². The topological polar surface area (TPSA) is 61.6 Å². The van der Waals surface area contributed by atoms with Crippen molar-refractivity contribution in [2.24, 2.45) is 0 Å². The monoisotopic (exact) mass is 341 g/mol. The molecule has 0 fully saturated rings. The van der Waals surface area contributed by atoms with Crippen molar-refractivity contribution in [1.29, 1.82) is 0 Å². The van der Waals surface area contributed by atoms with Crippen LogP contribution in [0.1, 0.15) is 0 Å². The Balaban J connectivity index is 2.28. The first kappa shape index (κ1) is 14.3. The van der Waals surface area contributed by atoms with E-state index in [2.05, 4.69) is 15.9 Å².